The van der Waals surface area contributed by atoms with Gasteiger partial charge < -0.3 is 5.11 Å². The lowest BCUT2D eigenvalue weighted by atomic mass is 10.2. The highest BCUT2D eigenvalue weighted by Crippen LogP contribution is 2.20. The van der Waals surface area contributed by atoms with Crippen LogP contribution in [0.25, 0.3) is 0 Å². The van der Waals surface area contributed by atoms with Crippen molar-refractivity contribution in [1.29, 1.82) is 0 Å². The lowest BCUT2D eigenvalue weighted by Gasteiger charge is -2.21. The van der Waals surface area contributed by atoms with Crippen LogP contribution in [0.2, 0.25) is 0 Å². The summed E-state index contributed by atoms with van der Waals surface area (Å²) in [6.07, 6.45) is 0.950. The molecule has 0 atom stereocenters. The van der Waals surface area contributed by atoms with Gasteiger partial charge >= 0.3 is 5.97 Å². The van der Waals surface area contributed by atoms with Crippen LogP contribution >= 0.6 is 15.9 Å². The molecule has 6 heteroatoms. The van der Waals surface area contributed by atoms with Gasteiger partial charge in [0.05, 0.1) is 6.54 Å². The number of carbonyl (C=O) groups is 1. The first-order valence-corrected chi connectivity index (χ1v) is 7.44. The summed E-state index contributed by atoms with van der Waals surface area (Å²) in [5, 5.41) is 8.82. The third kappa shape index (κ3) is 4.54. The topological polar surface area (TPSA) is 43.8 Å². The second kappa shape index (κ2) is 7.15. The van der Waals surface area contributed by atoms with Crippen LogP contribution in [0.15, 0.2) is 22.7 Å². The molecule has 1 aliphatic rings. The Morgan fingerprint density at radius 3 is 2.65 bits per heavy atom. The van der Waals surface area contributed by atoms with E-state index in [2.05, 4.69) is 20.8 Å². The summed E-state index contributed by atoms with van der Waals surface area (Å²) < 4.78 is 13.8. The van der Waals surface area contributed by atoms with Crippen molar-refractivity contribution in [2.75, 3.05) is 32.7 Å². The summed E-state index contributed by atoms with van der Waals surface area (Å²) in [4.78, 5) is 15.0. The summed E-state index contributed by atoms with van der Waals surface area (Å²) >= 11 is 3.38. The number of rotatable bonds is 4. The van der Waals surface area contributed by atoms with Gasteiger partial charge in [-0.2, -0.15) is 0 Å². The molecule has 1 aliphatic heterocycles. The summed E-state index contributed by atoms with van der Waals surface area (Å²) in [5.74, 6) is -1.02. The van der Waals surface area contributed by atoms with Crippen molar-refractivity contribution in [3.8, 4) is 0 Å². The normalized spacial score (nSPS) is 17.9. The molecule has 110 valence electrons. The van der Waals surface area contributed by atoms with Crippen LogP contribution in [0.1, 0.15) is 12.0 Å². The Balaban J connectivity index is 1.92. The number of carboxylic acid groups (broad SMARTS) is 1. The molecule has 1 heterocycles. The van der Waals surface area contributed by atoms with E-state index in [9.17, 15) is 9.18 Å². The van der Waals surface area contributed by atoms with Crippen molar-refractivity contribution in [3.05, 3.63) is 34.1 Å². The minimum atomic E-state index is -0.778. The molecular weight excluding hydrogens is 327 g/mol. The predicted molar refractivity (Wildman–Crippen MR) is 78.1 cm³/mol. The van der Waals surface area contributed by atoms with E-state index in [-0.39, 0.29) is 12.4 Å². The Bertz CT molecular complexity index is 484. The Hall–Kier alpha value is -0.980. The largest absolute Gasteiger partial charge is 0.480 e. The van der Waals surface area contributed by atoms with Crippen molar-refractivity contribution < 1.29 is 14.3 Å². The highest BCUT2D eigenvalue weighted by atomic mass is 79.9. The first-order valence-electron chi connectivity index (χ1n) is 6.65. The van der Waals surface area contributed by atoms with Gasteiger partial charge in [0, 0.05) is 30.7 Å². The third-order valence-corrected chi connectivity index (χ3v) is 4.19. The van der Waals surface area contributed by atoms with Crippen LogP contribution in [0.5, 0.6) is 0 Å². The van der Waals surface area contributed by atoms with Gasteiger partial charge in [-0.25, -0.2) is 4.39 Å². The van der Waals surface area contributed by atoms with Crippen LogP contribution in [-0.2, 0) is 11.3 Å². The van der Waals surface area contributed by atoms with Crippen LogP contribution in [0.3, 0.4) is 0 Å². The zero-order chi connectivity index (χ0) is 14.5. The van der Waals surface area contributed by atoms with E-state index in [1.54, 1.807) is 6.07 Å². The zero-order valence-electron chi connectivity index (χ0n) is 11.2. The molecule has 0 saturated carbocycles. The molecule has 1 aromatic carbocycles. The summed E-state index contributed by atoms with van der Waals surface area (Å²) in [7, 11) is 0. The lowest BCUT2D eigenvalue weighted by Crippen LogP contribution is -2.34. The first kappa shape index (κ1) is 15.4. The predicted octanol–water partition coefficient (Wildman–Crippen LogP) is 2.18. The van der Waals surface area contributed by atoms with Crippen LogP contribution in [-0.4, -0.2) is 53.6 Å². The fourth-order valence-corrected chi connectivity index (χ4v) is 2.90. The Morgan fingerprint density at radius 2 is 1.95 bits per heavy atom. The number of hydrogen-bond donors (Lipinski definition) is 1. The highest BCUT2D eigenvalue weighted by molar-refractivity contribution is 9.10. The minimum Gasteiger partial charge on any atom is -0.480 e. The number of hydrogen-bond acceptors (Lipinski definition) is 3. The maximum Gasteiger partial charge on any atom is 0.317 e. The number of halogens is 2. The minimum absolute atomic E-state index is 0.105. The molecule has 0 spiro atoms. The highest BCUT2D eigenvalue weighted by Gasteiger charge is 2.17. The smallest absolute Gasteiger partial charge is 0.317 e. The fraction of sp³-hybridized carbons (Fsp3) is 0.500. The lowest BCUT2D eigenvalue weighted by molar-refractivity contribution is -0.138. The molecular formula is C14H18BrFN2O2. The second-order valence-electron chi connectivity index (χ2n) is 5.04. The molecule has 4 nitrogen and oxygen atoms in total. The van der Waals surface area contributed by atoms with E-state index in [1.165, 1.54) is 12.1 Å². The summed E-state index contributed by atoms with van der Waals surface area (Å²) in [6, 6.07) is 4.73. The maximum absolute atomic E-state index is 13.1. The van der Waals surface area contributed by atoms with Gasteiger partial charge in [-0.05, 0) is 30.7 Å². The average molecular weight is 345 g/mol. The van der Waals surface area contributed by atoms with Gasteiger partial charge in [0.2, 0.25) is 0 Å². The number of benzene rings is 1. The molecule has 0 bridgehead atoms. The van der Waals surface area contributed by atoms with Crippen molar-refractivity contribution in [1.82, 2.24) is 9.80 Å². The van der Waals surface area contributed by atoms with Gasteiger partial charge in [0.15, 0.2) is 0 Å². The first-order chi connectivity index (χ1) is 9.54. The Kier molecular flexibility index (Phi) is 5.51. The van der Waals surface area contributed by atoms with Gasteiger partial charge in [-0.1, -0.05) is 22.0 Å². The van der Waals surface area contributed by atoms with E-state index in [0.29, 0.717) is 0 Å². The van der Waals surface area contributed by atoms with Gasteiger partial charge in [-0.15, -0.1) is 0 Å². The molecule has 0 aliphatic carbocycles. The zero-order valence-corrected chi connectivity index (χ0v) is 12.8. The second-order valence-corrected chi connectivity index (χ2v) is 5.89. The Morgan fingerprint density at radius 1 is 1.25 bits per heavy atom. The molecule has 0 amide bonds. The molecule has 2 rings (SSSR count). The number of aliphatic carboxylic acids is 1. The monoisotopic (exact) mass is 344 g/mol. The van der Waals surface area contributed by atoms with E-state index in [1.807, 2.05) is 4.90 Å². The quantitative estimate of drug-likeness (QED) is 0.909. The molecule has 0 aromatic heterocycles. The van der Waals surface area contributed by atoms with E-state index < -0.39 is 5.97 Å². The molecule has 20 heavy (non-hydrogen) atoms. The van der Waals surface area contributed by atoms with Crippen molar-refractivity contribution in [2.45, 2.75) is 13.0 Å². The molecule has 0 unspecified atom stereocenters. The molecule has 1 N–H and O–H groups in total. The Labute approximate surface area is 126 Å². The molecule has 1 saturated heterocycles. The molecule has 0 radical (unpaired) electrons. The van der Waals surface area contributed by atoms with Crippen LogP contribution in [0, 0.1) is 5.82 Å². The standard InChI is InChI=1S/C14H18BrFN2O2/c15-13-8-12(16)3-2-11(13)9-17-4-1-5-18(7-6-17)10-14(19)20/h2-3,8H,1,4-7,9-10H2,(H,19,20). The van der Waals surface area contributed by atoms with Crippen LogP contribution in [0.4, 0.5) is 4.39 Å². The summed E-state index contributed by atoms with van der Waals surface area (Å²) in [5.41, 5.74) is 1.05. The van der Waals surface area contributed by atoms with Crippen molar-refractivity contribution in [2.24, 2.45) is 0 Å². The maximum atomic E-state index is 13.1. The number of carboxylic acids is 1. The average Bonchev–Trinajstić information content (AvgIpc) is 2.58. The van der Waals surface area contributed by atoms with E-state index in [0.717, 1.165) is 49.2 Å². The van der Waals surface area contributed by atoms with Crippen molar-refractivity contribution in [3.63, 3.8) is 0 Å². The van der Waals surface area contributed by atoms with Gasteiger partial charge in [-0.3, -0.25) is 14.6 Å². The summed E-state index contributed by atoms with van der Waals surface area (Å²) in [6.45, 7) is 4.19. The molecule has 1 fully saturated rings. The van der Waals surface area contributed by atoms with Crippen molar-refractivity contribution >= 4 is 21.9 Å². The van der Waals surface area contributed by atoms with Crippen LogP contribution < -0.4 is 0 Å². The fourth-order valence-electron chi connectivity index (χ4n) is 2.42. The SMILES string of the molecule is O=C(O)CN1CCCN(Cc2ccc(F)cc2Br)CC1. The van der Waals surface area contributed by atoms with E-state index >= 15 is 0 Å². The van der Waals surface area contributed by atoms with E-state index in [4.69, 9.17) is 5.11 Å². The van der Waals surface area contributed by atoms with Gasteiger partial charge in [0.1, 0.15) is 5.82 Å². The number of nitrogens with zero attached hydrogens (tertiary/aromatic N) is 2. The molecule has 1 aromatic rings. The third-order valence-electron chi connectivity index (χ3n) is 3.45. The van der Waals surface area contributed by atoms with Gasteiger partial charge in [0.25, 0.3) is 0 Å².